The third kappa shape index (κ3) is 1.58. The molecule has 1 aromatic carbocycles. The predicted octanol–water partition coefficient (Wildman–Crippen LogP) is 1.56. The summed E-state index contributed by atoms with van der Waals surface area (Å²) in [5, 5.41) is 0.611. The summed E-state index contributed by atoms with van der Waals surface area (Å²) in [6, 6.07) is 5.27. The van der Waals surface area contributed by atoms with Crippen molar-refractivity contribution in [3.63, 3.8) is 0 Å². The molecule has 0 radical (unpaired) electrons. The summed E-state index contributed by atoms with van der Waals surface area (Å²) in [5.41, 5.74) is 6.88. The van der Waals surface area contributed by atoms with Crippen molar-refractivity contribution in [2.45, 2.75) is 19.9 Å². The lowest BCUT2D eigenvalue weighted by atomic mass is 10.2. The molecule has 4 nitrogen and oxygen atoms in total. The number of fused-ring (bicyclic) bond motifs is 1. The number of anilines is 1. The van der Waals surface area contributed by atoms with Crippen LogP contribution in [0.3, 0.4) is 0 Å². The molecule has 0 aliphatic carbocycles. The molecule has 1 heterocycles. The molecule has 0 spiro atoms. The van der Waals surface area contributed by atoms with Crippen LogP contribution in [0.5, 0.6) is 0 Å². The second-order valence-electron chi connectivity index (χ2n) is 3.83. The standard InChI is InChI=1S/C11H13N3O/c1-7(2)14-6-13-10-5-8(12)3-4-9(10)11(14)15/h3-7H,12H2,1-2H3. The minimum Gasteiger partial charge on any atom is -0.399 e. The Labute approximate surface area is 87.4 Å². The van der Waals surface area contributed by atoms with Crippen LogP contribution in [0.1, 0.15) is 19.9 Å². The zero-order valence-corrected chi connectivity index (χ0v) is 8.77. The van der Waals surface area contributed by atoms with E-state index in [-0.39, 0.29) is 11.6 Å². The van der Waals surface area contributed by atoms with Gasteiger partial charge in [0.2, 0.25) is 0 Å². The first-order valence-electron chi connectivity index (χ1n) is 4.86. The van der Waals surface area contributed by atoms with E-state index in [1.165, 1.54) is 0 Å². The maximum Gasteiger partial charge on any atom is 0.261 e. The van der Waals surface area contributed by atoms with Crippen molar-refractivity contribution in [2.75, 3.05) is 5.73 Å². The smallest absolute Gasteiger partial charge is 0.261 e. The molecule has 78 valence electrons. The normalized spacial score (nSPS) is 11.1. The first-order chi connectivity index (χ1) is 7.09. The molecule has 15 heavy (non-hydrogen) atoms. The molecule has 0 amide bonds. The van der Waals surface area contributed by atoms with Gasteiger partial charge in [-0.25, -0.2) is 4.98 Å². The van der Waals surface area contributed by atoms with Crippen LogP contribution in [0.25, 0.3) is 10.9 Å². The van der Waals surface area contributed by atoms with E-state index in [0.29, 0.717) is 16.6 Å². The lowest BCUT2D eigenvalue weighted by Gasteiger charge is -2.09. The molecular weight excluding hydrogens is 190 g/mol. The van der Waals surface area contributed by atoms with E-state index in [2.05, 4.69) is 4.98 Å². The summed E-state index contributed by atoms with van der Waals surface area (Å²) in [6.07, 6.45) is 1.56. The number of nitrogens with two attached hydrogens (primary N) is 1. The van der Waals surface area contributed by atoms with Gasteiger partial charge < -0.3 is 5.73 Å². The number of nitrogen functional groups attached to an aromatic ring is 1. The Morgan fingerprint density at radius 3 is 2.80 bits per heavy atom. The Bertz CT molecular complexity index is 557. The maximum atomic E-state index is 12.0. The highest BCUT2D eigenvalue weighted by Crippen LogP contribution is 2.12. The highest BCUT2D eigenvalue weighted by molar-refractivity contribution is 5.80. The Hall–Kier alpha value is -1.84. The van der Waals surface area contributed by atoms with Gasteiger partial charge in [-0.05, 0) is 32.0 Å². The van der Waals surface area contributed by atoms with Gasteiger partial charge in [0.25, 0.3) is 5.56 Å². The van der Waals surface area contributed by atoms with Crippen molar-refractivity contribution < 1.29 is 0 Å². The van der Waals surface area contributed by atoms with Crippen LogP contribution in [0.2, 0.25) is 0 Å². The van der Waals surface area contributed by atoms with Gasteiger partial charge in [0.1, 0.15) is 0 Å². The van der Waals surface area contributed by atoms with Crippen molar-refractivity contribution >= 4 is 16.6 Å². The van der Waals surface area contributed by atoms with Crippen LogP contribution in [0.15, 0.2) is 29.3 Å². The monoisotopic (exact) mass is 203 g/mol. The van der Waals surface area contributed by atoms with Crippen LogP contribution in [-0.2, 0) is 0 Å². The highest BCUT2D eigenvalue weighted by Gasteiger charge is 2.05. The fourth-order valence-electron chi connectivity index (χ4n) is 1.52. The lowest BCUT2D eigenvalue weighted by molar-refractivity contribution is 0.573. The number of benzene rings is 1. The summed E-state index contributed by atoms with van der Waals surface area (Å²) in [5.74, 6) is 0. The number of nitrogens with zero attached hydrogens (tertiary/aromatic N) is 2. The van der Waals surface area contributed by atoms with E-state index >= 15 is 0 Å². The van der Waals surface area contributed by atoms with Crippen molar-refractivity contribution in [1.82, 2.24) is 9.55 Å². The third-order valence-electron chi connectivity index (χ3n) is 2.36. The van der Waals surface area contributed by atoms with Gasteiger partial charge in [0.15, 0.2) is 0 Å². The summed E-state index contributed by atoms with van der Waals surface area (Å²) in [4.78, 5) is 16.2. The quantitative estimate of drug-likeness (QED) is 0.715. The molecule has 2 N–H and O–H groups in total. The molecule has 4 heteroatoms. The van der Waals surface area contributed by atoms with Crippen LogP contribution in [0.4, 0.5) is 5.69 Å². The highest BCUT2D eigenvalue weighted by atomic mass is 16.1. The largest absolute Gasteiger partial charge is 0.399 e. The molecule has 0 aliphatic heterocycles. The van der Waals surface area contributed by atoms with Crippen molar-refractivity contribution in [3.8, 4) is 0 Å². The Morgan fingerprint density at radius 1 is 1.40 bits per heavy atom. The average molecular weight is 203 g/mol. The minimum atomic E-state index is -0.0185. The molecule has 0 aliphatic rings. The van der Waals surface area contributed by atoms with E-state index in [9.17, 15) is 4.79 Å². The van der Waals surface area contributed by atoms with Crippen LogP contribution >= 0.6 is 0 Å². The van der Waals surface area contributed by atoms with E-state index in [1.54, 1.807) is 29.1 Å². The van der Waals surface area contributed by atoms with Crippen LogP contribution < -0.4 is 11.3 Å². The van der Waals surface area contributed by atoms with E-state index < -0.39 is 0 Å². The Kier molecular flexibility index (Phi) is 2.19. The molecule has 1 aromatic heterocycles. The van der Waals surface area contributed by atoms with Gasteiger partial charge >= 0.3 is 0 Å². The second kappa shape index (κ2) is 3.38. The minimum absolute atomic E-state index is 0.0185. The van der Waals surface area contributed by atoms with Gasteiger partial charge in [-0.1, -0.05) is 0 Å². The number of hydrogen-bond donors (Lipinski definition) is 1. The van der Waals surface area contributed by atoms with Gasteiger partial charge in [-0.3, -0.25) is 9.36 Å². The summed E-state index contributed by atoms with van der Waals surface area (Å²) < 4.78 is 1.61. The fourth-order valence-corrected chi connectivity index (χ4v) is 1.52. The van der Waals surface area contributed by atoms with Gasteiger partial charge in [0.05, 0.1) is 17.2 Å². The fraction of sp³-hybridized carbons (Fsp3) is 0.273. The topological polar surface area (TPSA) is 60.9 Å². The van der Waals surface area contributed by atoms with Crippen molar-refractivity contribution in [2.24, 2.45) is 0 Å². The van der Waals surface area contributed by atoms with Crippen molar-refractivity contribution in [3.05, 3.63) is 34.9 Å². The van der Waals surface area contributed by atoms with Gasteiger partial charge in [0, 0.05) is 11.7 Å². The Morgan fingerprint density at radius 2 is 2.13 bits per heavy atom. The molecular formula is C11H13N3O. The van der Waals surface area contributed by atoms with Gasteiger partial charge in [-0.2, -0.15) is 0 Å². The number of rotatable bonds is 1. The van der Waals surface area contributed by atoms with Crippen LogP contribution in [-0.4, -0.2) is 9.55 Å². The second-order valence-corrected chi connectivity index (χ2v) is 3.83. The number of hydrogen-bond acceptors (Lipinski definition) is 3. The molecule has 0 saturated carbocycles. The molecule has 2 rings (SSSR count). The first kappa shape index (κ1) is 9.71. The maximum absolute atomic E-state index is 12.0. The molecule has 0 bridgehead atoms. The molecule has 0 unspecified atom stereocenters. The summed E-state index contributed by atoms with van der Waals surface area (Å²) >= 11 is 0. The molecule has 0 fully saturated rings. The van der Waals surface area contributed by atoms with E-state index in [1.807, 2.05) is 13.8 Å². The Balaban J connectivity index is 2.80. The van der Waals surface area contributed by atoms with Crippen LogP contribution in [0, 0.1) is 0 Å². The zero-order valence-electron chi connectivity index (χ0n) is 8.77. The zero-order chi connectivity index (χ0) is 11.0. The van der Waals surface area contributed by atoms with E-state index in [0.717, 1.165) is 0 Å². The van der Waals surface area contributed by atoms with Crippen molar-refractivity contribution in [1.29, 1.82) is 0 Å². The SMILES string of the molecule is CC(C)n1cnc2cc(N)ccc2c1=O. The molecule has 0 saturated heterocycles. The molecule has 0 atom stereocenters. The average Bonchev–Trinajstić information content (AvgIpc) is 2.17. The summed E-state index contributed by atoms with van der Waals surface area (Å²) in [6.45, 7) is 3.90. The third-order valence-corrected chi connectivity index (χ3v) is 2.36. The lowest BCUT2D eigenvalue weighted by Crippen LogP contribution is -2.22. The van der Waals surface area contributed by atoms with E-state index in [4.69, 9.17) is 5.73 Å². The summed E-state index contributed by atoms with van der Waals surface area (Å²) in [7, 11) is 0. The predicted molar refractivity (Wildman–Crippen MR) is 60.8 cm³/mol. The number of aromatic nitrogens is 2. The molecule has 2 aromatic rings. The van der Waals surface area contributed by atoms with Gasteiger partial charge in [-0.15, -0.1) is 0 Å². The first-order valence-corrected chi connectivity index (χ1v) is 4.86.